The average molecular weight is 278 g/mol. The molecule has 0 amide bonds. The second kappa shape index (κ2) is 5.77. The highest BCUT2D eigenvalue weighted by molar-refractivity contribution is 14.1. The number of allylic oxidation sites excluding steroid dienone is 3. The molecule has 0 saturated heterocycles. The van der Waals surface area contributed by atoms with E-state index in [1.807, 2.05) is 18.2 Å². The quantitative estimate of drug-likeness (QED) is 0.299. The molecule has 0 aliphatic heterocycles. The number of halogens is 1. The first-order valence-electron chi connectivity index (χ1n) is 3.70. The van der Waals surface area contributed by atoms with Gasteiger partial charge in [-0.2, -0.15) is 0 Å². The van der Waals surface area contributed by atoms with Crippen LogP contribution in [0.25, 0.3) is 0 Å². The summed E-state index contributed by atoms with van der Waals surface area (Å²) >= 11 is 2.60. The van der Waals surface area contributed by atoms with Crippen molar-refractivity contribution in [2.24, 2.45) is 0 Å². The van der Waals surface area contributed by atoms with E-state index in [9.17, 15) is 0 Å². The molecule has 0 spiro atoms. The van der Waals surface area contributed by atoms with Crippen molar-refractivity contribution < 1.29 is 0 Å². The van der Waals surface area contributed by atoms with Gasteiger partial charge in [0.15, 0.2) is 0 Å². The Morgan fingerprint density at radius 1 is 0.909 bits per heavy atom. The van der Waals surface area contributed by atoms with Crippen LogP contribution in [0.1, 0.15) is 0 Å². The van der Waals surface area contributed by atoms with E-state index in [1.54, 1.807) is 0 Å². The third kappa shape index (κ3) is 4.58. The normalized spacial score (nSPS) is 10.6. The van der Waals surface area contributed by atoms with Crippen molar-refractivity contribution in [3.8, 4) is 0 Å². The van der Waals surface area contributed by atoms with Crippen LogP contribution < -0.4 is 0 Å². The van der Waals surface area contributed by atoms with Crippen molar-refractivity contribution in [1.82, 2.24) is 0 Å². The Bertz CT molecular complexity index is 125. The van der Waals surface area contributed by atoms with E-state index in [0.29, 0.717) is 0 Å². The van der Waals surface area contributed by atoms with E-state index in [4.69, 9.17) is 0 Å². The van der Waals surface area contributed by atoms with Gasteiger partial charge in [-0.1, -0.05) is 18.2 Å². The molecule has 0 rings (SSSR count). The van der Waals surface area contributed by atoms with E-state index in [-0.39, 0.29) is 0 Å². The summed E-state index contributed by atoms with van der Waals surface area (Å²) in [7, 11) is 0. The summed E-state index contributed by atoms with van der Waals surface area (Å²) in [5, 5.41) is 0. The van der Waals surface area contributed by atoms with Crippen LogP contribution in [0, 0.1) is 0 Å². The van der Waals surface area contributed by atoms with Gasteiger partial charge >= 0.3 is 0 Å². The Morgan fingerprint density at radius 2 is 1.18 bits per heavy atom. The molecular weight excluding hydrogens is 263 g/mol. The standard InChI is InChI=1S/C9H15ISi/c1-4-7-11(10,8-5-2)9-6-3/h4-6H,1-3,7-9H2. The zero-order valence-corrected chi connectivity index (χ0v) is 10.0. The van der Waals surface area contributed by atoms with Crippen LogP contribution in [-0.2, 0) is 0 Å². The van der Waals surface area contributed by atoms with Gasteiger partial charge in [0, 0.05) is 0 Å². The molecule has 0 atom stereocenters. The van der Waals surface area contributed by atoms with E-state index in [1.165, 1.54) is 0 Å². The minimum absolute atomic E-state index is 1.13. The van der Waals surface area contributed by atoms with E-state index in [0.717, 1.165) is 18.1 Å². The molecule has 0 aliphatic carbocycles. The van der Waals surface area contributed by atoms with Gasteiger partial charge in [-0.05, 0) is 18.1 Å². The first kappa shape index (κ1) is 11.2. The molecule has 0 bridgehead atoms. The van der Waals surface area contributed by atoms with Gasteiger partial charge in [0.25, 0.3) is 0 Å². The highest BCUT2D eigenvalue weighted by atomic mass is 127. The summed E-state index contributed by atoms with van der Waals surface area (Å²) in [5.74, 6) is 0. The van der Waals surface area contributed by atoms with Crippen molar-refractivity contribution in [2.75, 3.05) is 0 Å². The number of hydrogen-bond donors (Lipinski definition) is 0. The molecule has 0 aromatic carbocycles. The third-order valence-corrected chi connectivity index (χ3v) is 8.56. The summed E-state index contributed by atoms with van der Waals surface area (Å²) in [6.07, 6.45) is 6.06. The molecule has 2 heteroatoms. The van der Waals surface area contributed by atoms with E-state index >= 15 is 0 Å². The predicted octanol–water partition coefficient (Wildman–Crippen LogP) is 3.92. The zero-order valence-electron chi connectivity index (χ0n) is 6.85. The van der Waals surface area contributed by atoms with Gasteiger partial charge in [0.1, 0.15) is 5.57 Å². The van der Waals surface area contributed by atoms with Gasteiger partial charge in [0.05, 0.1) is 0 Å². The molecule has 0 unspecified atom stereocenters. The summed E-state index contributed by atoms with van der Waals surface area (Å²) in [6.45, 7) is 11.3. The molecule has 0 N–H and O–H groups in total. The highest BCUT2D eigenvalue weighted by Crippen LogP contribution is 2.29. The highest BCUT2D eigenvalue weighted by Gasteiger charge is 2.24. The maximum absolute atomic E-state index is 3.77. The third-order valence-electron chi connectivity index (χ3n) is 1.53. The molecule has 0 radical (unpaired) electrons. The largest absolute Gasteiger partial charge is 0.136 e. The Balaban J connectivity index is 4.09. The topological polar surface area (TPSA) is 0 Å². The fourth-order valence-electron chi connectivity index (χ4n) is 1.03. The van der Waals surface area contributed by atoms with Gasteiger partial charge < -0.3 is 0 Å². The van der Waals surface area contributed by atoms with Crippen molar-refractivity contribution in [3.63, 3.8) is 0 Å². The maximum Gasteiger partial charge on any atom is 0.136 e. The van der Waals surface area contributed by atoms with E-state index in [2.05, 4.69) is 41.5 Å². The molecule has 0 nitrogen and oxygen atoms in total. The van der Waals surface area contributed by atoms with Crippen LogP contribution in [0.4, 0.5) is 0 Å². The summed E-state index contributed by atoms with van der Waals surface area (Å²) in [6, 6.07) is 3.47. The molecule has 0 saturated carbocycles. The lowest BCUT2D eigenvalue weighted by Crippen LogP contribution is -2.22. The van der Waals surface area contributed by atoms with Crippen LogP contribution in [-0.4, -0.2) is 5.57 Å². The fraction of sp³-hybridized carbons (Fsp3) is 0.333. The van der Waals surface area contributed by atoms with Crippen LogP contribution in [0.5, 0.6) is 0 Å². The Morgan fingerprint density at radius 3 is 1.36 bits per heavy atom. The van der Waals surface area contributed by atoms with Crippen molar-refractivity contribution in [2.45, 2.75) is 18.1 Å². The first-order chi connectivity index (χ1) is 5.18. The SMILES string of the molecule is C=CC[Si](I)(CC=C)CC=C. The van der Waals surface area contributed by atoms with Crippen LogP contribution in [0.3, 0.4) is 0 Å². The Labute approximate surface area is 83.3 Å². The summed E-state index contributed by atoms with van der Waals surface area (Å²) < 4.78 is 0. The summed E-state index contributed by atoms with van der Waals surface area (Å²) in [5.41, 5.74) is -1.13. The zero-order chi connectivity index (χ0) is 8.74. The lowest BCUT2D eigenvalue weighted by Gasteiger charge is -2.19. The lowest BCUT2D eigenvalue weighted by atomic mass is 10.7. The minimum Gasteiger partial charge on any atom is -0.118 e. The number of hydrogen-bond acceptors (Lipinski definition) is 0. The van der Waals surface area contributed by atoms with Crippen molar-refractivity contribution >= 4 is 27.4 Å². The predicted molar refractivity (Wildman–Crippen MR) is 64.8 cm³/mol. The molecule has 0 aliphatic rings. The minimum atomic E-state index is -1.13. The van der Waals surface area contributed by atoms with Crippen LogP contribution >= 0.6 is 21.8 Å². The monoisotopic (exact) mass is 278 g/mol. The fourth-order valence-corrected chi connectivity index (χ4v) is 5.88. The van der Waals surface area contributed by atoms with Gasteiger partial charge in [-0.15, -0.1) is 41.5 Å². The smallest absolute Gasteiger partial charge is 0.118 e. The van der Waals surface area contributed by atoms with Crippen LogP contribution in [0.2, 0.25) is 18.1 Å². The average Bonchev–Trinajstić information content (AvgIpc) is 1.88. The van der Waals surface area contributed by atoms with Gasteiger partial charge in [-0.25, -0.2) is 0 Å². The second-order valence-corrected chi connectivity index (χ2v) is 13.0. The van der Waals surface area contributed by atoms with Gasteiger partial charge in [-0.3, -0.25) is 0 Å². The summed E-state index contributed by atoms with van der Waals surface area (Å²) in [4.78, 5) is 0. The van der Waals surface area contributed by atoms with E-state index < -0.39 is 5.57 Å². The lowest BCUT2D eigenvalue weighted by molar-refractivity contribution is 1.44. The maximum atomic E-state index is 3.77. The Kier molecular flexibility index (Phi) is 5.86. The molecule has 0 aromatic rings. The number of rotatable bonds is 6. The Hall–Kier alpha value is 0.167. The molecule has 0 heterocycles. The molecule has 0 fully saturated rings. The molecule has 62 valence electrons. The molecule has 11 heavy (non-hydrogen) atoms. The second-order valence-electron chi connectivity index (χ2n) is 2.63. The van der Waals surface area contributed by atoms with Gasteiger partial charge in [0.2, 0.25) is 0 Å². The first-order valence-corrected chi connectivity index (χ1v) is 9.43. The molecule has 0 aromatic heterocycles. The molecular formula is C9H15ISi. The van der Waals surface area contributed by atoms with Crippen molar-refractivity contribution in [1.29, 1.82) is 0 Å². The van der Waals surface area contributed by atoms with Crippen LogP contribution in [0.15, 0.2) is 38.0 Å². The van der Waals surface area contributed by atoms with Crippen molar-refractivity contribution in [3.05, 3.63) is 38.0 Å².